The van der Waals surface area contributed by atoms with E-state index in [1.165, 1.54) is 17.2 Å². The number of nitrogen functional groups attached to an aromatic ring is 1. The van der Waals surface area contributed by atoms with Gasteiger partial charge in [-0.15, -0.1) is 0 Å². The maximum Gasteiger partial charge on any atom is 0.386 e. The molecule has 2 fully saturated rings. The van der Waals surface area contributed by atoms with Crippen LogP contribution in [0.1, 0.15) is 44.8 Å². The number of ether oxygens (including phenoxy) is 1. The molecule has 17 nitrogen and oxygen atoms in total. The van der Waals surface area contributed by atoms with Gasteiger partial charge in [-0.2, -0.15) is 4.98 Å². The minimum absolute atomic E-state index is 0. The predicted octanol–water partition coefficient (Wildman–Crippen LogP) is 2.37. The van der Waals surface area contributed by atoms with Crippen molar-refractivity contribution in [3.05, 3.63) is 35.0 Å². The summed E-state index contributed by atoms with van der Waals surface area (Å²) in [5.41, 5.74) is 6.45. The number of thiol groups is 1. The van der Waals surface area contributed by atoms with Crippen molar-refractivity contribution in [3.8, 4) is 0 Å². The summed E-state index contributed by atoms with van der Waals surface area (Å²) in [6.45, 7) is -8.01. The van der Waals surface area contributed by atoms with E-state index in [9.17, 15) is 14.3 Å². The van der Waals surface area contributed by atoms with Crippen LogP contribution in [-0.2, 0) is 45.8 Å². The number of rotatable bonds is 1. The zero-order valence-electron chi connectivity index (χ0n) is 20.9. The molecule has 7 heterocycles. The van der Waals surface area contributed by atoms with Crippen molar-refractivity contribution in [2.45, 2.75) is 63.9 Å². The first-order valence-corrected chi connectivity index (χ1v) is 17.7. The fourth-order valence-corrected chi connectivity index (χ4v) is 8.17. The maximum absolute atomic E-state index is 13.5. The molecule has 1 saturated heterocycles. The number of anilines is 1. The van der Waals surface area contributed by atoms with Crippen LogP contribution in [0.15, 0.2) is 23.6 Å². The number of hydrogen-bond donors (Lipinski definition) is 4. The molecule has 4 N–H and O–H groups in total. The van der Waals surface area contributed by atoms with E-state index in [1.807, 2.05) is 4.57 Å². The number of fused-ring (bicyclic) bond motifs is 8. The van der Waals surface area contributed by atoms with E-state index in [2.05, 4.69) is 42.2 Å². The Morgan fingerprint density at radius 3 is 2.76 bits per heavy atom. The summed E-state index contributed by atoms with van der Waals surface area (Å²) in [4.78, 5) is 46.7. The third kappa shape index (κ3) is 5.54. The highest BCUT2D eigenvalue weighted by molar-refractivity contribution is 8.44. The summed E-state index contributed by atoms with van der Waals surface area (Å²) in [5, 5.41) is 0. The highest BCUT2D eigenvalue weighted by atomic mass is 32.7. The standard InChI is InChI=1S/C20H23N9O8P2S2.CH4/c21-20-26-17-15(18(30)27-20)24-8-28(17)19-13-3-11(35-19)5-33-38(31,40)36-10-1-9(2-10)29-14(6-34-39(32,41)37-13)25-12-4-22-7-23-16(12)29;/h4,7-11,13,19H,1-3,5-6H2,(H,31,40)(H,32,41)(H3,21,26,27,30);1H4/t9?,10?,11-,13+,19+,38?,39?;/m0./s1. The van der Waals surface area contributed by atoms with Crippen molar-refractivity contribution in [2.24, 2.45) is 0 Å². The molecule has 226 valence electrons. The van der Waals surface area contributed by atoms with E-state index in [4.69, 9.17) is 40.4 Å². The van der Waals surface area contributed by atoms with Gasteiger partial charge in [-0.1, -0.05) is 19.7 Å². The summed E-state index contributed by atoms with van der Waals surface area (Å²) in [5.74, 6) is 0.308. The van der Waals surface area contributed by atoms with Crippen molar-refractivity contribution in [1.82, 2.24) is 39.0 Å². The molecule has 21 heteroatoms. The second-order valence-corrected chi connectivity index (χ2v) is 15.5. The van der Waals surface area contributed by atoms with Crippen molar-refractivity contribution >= 4 is 65.8 Å². The second kappa shape index (κ2) is 11.0. The Bertz CT molecular complexity index is 1810. The van der Waals surface area contributed by atoms with Gasteiger partial charge < -0.3 is 29.0 Å². The second-order valence-electron chi connectivity index (χ2n) is 9.79. The molecule has 0 aromatic carbocycles. The molecule has 1 saturated carbocycles. The van der Waals surface area contributed by atoms with Crippen molar-refractivity contribution in [3.63, 3.8) is 0 Å². The van der Waals surface area contributed by atoms with Crippen molar-refractivity contribution in [2.75, 3.05) is 12.3 Å². The van der Waals surface area contributed by atoms with E-state index in [0.717, 1.165) is 0 Å². The van der Waals surface area contributed by atoms with Crippen LogP contribution in [-0.4, -0.2) is 68.9 Å². The lowest BCUT2D eigenvalue weighted by Gasteiger charge is -2.38. The van der Waals surface area contributed by atoms with Crippen molar-refractivity contribution in [1.29, 1.82) is 0 Å². The number of aromatic nitrogens is 8. The molecule has 4 aromatic heterocycles. The number of hydrogen-bond acceptors (Lipinski definition) is 14. The first kappa shape index (κ1) is 29.7. The Kier molecular flexibility index (Phi) is 7.79. The topological polar surface area (TPSA) is 217 Å². The molecule has 0 amide bonds. The molecule has 3 aliphatic heterocycles. The lowest BCUT2D eigenvalue weighted by molar-refractivity contribution is -0.0454. The summed E-state index contributed by atoms with van der Waals surface area (Å²) >= 11 is 9.50. The first-order chi connectivity index (χ1) is 19.6. The fraction of sp³-hybridized carbons (Fsp3) is 0.524. The van der Waals surface area contributed by atoms with Crippen LogP contribution < -0.4 is 11.3 Å². The number of imidazole rings is 2. The quantitative estimate of drug-likeness (QED) is 0.170. The number of aromatic amines is 1. The average molecular weight is 660 g/mol. The summed E-state index contributed by atoms with van der Waals surface area (Å²) in [6.07, 6.45) is 2.49. The minimum Gasteiger partial charge on any atom is -0.369 e. The van der Waals surface area contributed by atoms with E-state index >= 15 is 0 Å². The maximum atomic E-state index is 13.5. The van der Waals surface area contributed by atoms with E-state index < -0.39 is 37.5 Å². The van der Waals surface area contributed by atoms with Gasteiger partial charge in [-0.25, -0.2) is 24.5 Å². The van der Waals surface area contributed by atoms with E-state index in [-0.39, 0.29) is 56.3 Å². The Morgan fingerprint density at radius 2 is 1.95 bits per heavy atom. The molecule has 5 atom stereocenters. The summed E-state index contributed by atoms with van der Waals surface area (Å²) in [7, 11) is 0. The molecule has 0 spiro atoms. The van der Waals surface area contributed by atoms with Gasteiger partial charge in [0, 0.05) is 12.5 Å². The van der Waals surface area contributed by atoms with Gasteiger partial charge in [-0.05, 0) is 24.6 Å². The van der Waals surface area contributed by atoms with Crippen LogP contribution in [0.5, 0.6) is 0 Å². The lowest BCUT2D eigenvalue weighted by Crippen LogP contribution is -2.34. The van der Waals surface area contributed by atoms with Crippen LogP contribution in [0.3, 0.4) is 0 Å². The normalized spacial score (nSPS) is 33.6. The molecular weight excluding hydrogens is 632 g/mol. The van der Waals surface area contributed by atoms with E-state index in [0.29, 0.717) is 29.8 Å². The smallest absolute Gasteiger partial charge is 0.369 e. The van der Waals surface area contributed by atoms with Gasteiger partial charge in [0.25, 0.3) is 5.56 Å². The van der Waals surface area contributed by atoms with Crippen LogP contribution in [0.25, 0.3) is 22.3 Å². The highest BCUT2D eigenvalue weighted by Gasteiger charge is 2.44. The van der Waals surface area contributed by atoms with Gasteiger partial charge in [0.15, 0.2) is 23.0 Å². The fourth-order valence-electron chi connectivity index (χ4n) is 5.24. The highest BCUT2D eigenvalue weighted by Crippen LogP contribution is 2.58. The Morgan fingerprint density at radius 1 is 1.14 bits per heavy atom. The molecule has 8 rings (SSSR count). The molecule has 4 aromatic rings. The predicted molar refractivity (Wildman–Crippen MR) is 155 cm³/mol. The summed E-state index contributed by atoms with van der Waals surface area (Å²) < 4.78 is 46.0. The molecule has 42 heavy (non-hydrogen) atoms. The molecule has 4 aliphatic rings. The molecule has 2 unspecified atom stereocenters. The van der Waals surface area contributed by atoms with Crippen molar-refractivity contribution < 1.29 is 32.3 Å². The third-order valence-electron chi connectivity index (χ3n) is 7.06. The van der Waals surface area contributed by atoms with Gasteiger partial charge in [0.1, 0.15) is 30.4 Å². The lowest BCUT2D eigenvalue weighted by atomic mass is 9.89. The SMILES string of the molecule is C.Nc1nc2c(ncn2[C@@H]2O[C@@H]3COP(O)(=S)OC4CC(C4)n4c(nc5cncnc54)COP(=O)(S)O[C@@H]2C3)c(=O)[nH]1. The van der Waals surface area contributed by atoms with Gasteiger partial charge >= 0.3 is 13.5 Å². The molecule has 0 radical (unpaired) electrons. The van der Waals surface area contributed by atoms with Crippen LogP contribution in [0.2, 0.25) is 0 Å². The van der Waals surface area contributed by atoms with Crippen LogP contribution in [0, 0.1) is 0 Å². The zero-order chi connectivity index (χ0) is 28.5. The molecular formula is C21H27N9O8P2S2. The number of nitrogens with zero attached hydrogens (tertiary/aromatic N) is 7. The number of nitrogens with two attached hydrogens (primary N) is 1. The molecule has 1 aliphatic carbocycles. The van der Waals surface area contributed by atoms with Gasteiger partial charge in [-0.3, -0.25) is 23.4 Å². The number of H-pyrrole nitrogens is 1. The summed E-state index contributed by atoms with van der Waals surface area (Å²) in [6, 6.07) is -0.0943. The van der Waals surface area contributed by atoms with Gasteiger partial charge in [0.05, 0.1) is 31.3 Å². The Hall–Kier alpha value is -2.31. The first-order valence-electron chi connectivity index (χ1n) is 12.4. The largest absolute Gasteiger partial charge is 0.386 e. The average Bonchev–Trinajstić information content (AvgIpc) is 3.58. The Labute approximate surface area is 248 Å². The van der Waals surface area contributed by atoms with E-state index in [1.54, 1.807) is 6.20 Å². The third-order valence-corrected chi connectivity index (χ3v) is 10.3. The number of nitrogens with one attached hydrogen (secondary N) is 1. The zero-order valence-corrected chi connectivity index (χ0v) is 24.4. The van der Waals surface area contributed by atoms with Crippen LogP contribution >= 0.6 is 25.8 Å². The minimum atomic E-state index is -4.03. The van der Waals surface area contributed by atoms with Crippen LogP contribution in [0.4, 0.5) is 5.95 Å². The van der Waals surface area contributed by atoms with Gasteiger partial charge in [0.2, 0.25) is 5.95 Å². The Balaban J connectivity index is 0.00000316. The monoisotopic (exact) mass is 659 g/mol. The molecule has 4 bridgehead atoms.